The fourth-order valence-corrected chi connectivity index (χ4v) is 12.2. The molecule has 2 unspecified atom stereocenters. The molecule has 2 N–H and O–H groups in total. The van der Waals surface area contributed by atoms with Crippen LogP contribution in [0.2, 0.25) is 0 Å². The highest BCUT2D eigenvalue weighted by Crippen LogP contribution is 2.75. The zero-order valence-corrected chi connectivity index (χ0v) is 28.9. The van der Waals surface area contributed by atoms with Crippen LogP contribution in [0.15, 0.2) is 46.5 Å². The Hall–Kier alpha value is -2.56. The van der Waals surface area contributed by atoms with Gasteiger partial charge in [0, 0.05) is 17.0 Å². The van der Waals surface area contributed by atoms with Crippen LogP contribution in [0.4, 0.5) is 0 Å². The maximum Gasteiger partial charge on any atom is 0.226 e. The van der Waals surface area contributed by atoms with Crippen LogP contribution in [0.3, 0.4) is 0 Å². The number of allylic oxidation sites excluding steroid dienone is 2. The van der Waals surface area contributed by atoms with E-state index < -0.39 is 5.41 Å². The summed E-state index contributed by atoms with van der Waals surface area (Å²) in [5.74, 6) is 3.03. The molecule has 1 heterocycles. The summed E-state index contributed by atoms with van der Waals surface area (Å²) < 4.78 is 5.59. The third-order valence-corrected chi connectivity index (χ3v) is 15.3. The van der Waals surface area contributed by atoms with Crippen molar-refractivity contribution in [3.8, 4) is 17.0 Å². The Morgan fingerprint density at radius 1 is 0.933 bits per heavy atom. The van der Waals surface area contributed by atoms with Gasteiger partial charge in [-0.2, -0.15) is 0 Å². The molecule has 8 atom stereocenters. The number of hydrogen-bond acceptors (Lipinski definition) is 4. The topological polar surface area (TPSA) is 75.4 Å². The number of nitrogens with zero attached hydrogens (tertiary/aromatic N) is 1. The summed E-state index contributed by atoms with van der Waals surface area (Å²) in [6.07, 6.45) is 16.3. The van der Waals surface area contributed by atoms with Gasteiger partial charge >= 0.3 is 0 Å². The van der Waals surface area contributed by atoms with Crippen molar-refractivity contribution in [2.75, 3.05) is 0 Å². The van der Waals surface area contributed by atoms with Gasteiger partial charge in [0.05, 0.1) is 6.54 Å². The fourth-order valence-electron chi connectivity index (χ4n) is 12.2. The van der Waals surface area contributed by atoms with E-state index in [1.54, 1.807) is 17.7 Å². The second-order valence-corrected chi connectivity index (χ2v) is 18.0. The van der Waals surface area contributed by atoms with E-state index >= 15 is 0 Å². The number of amides is 1. The maximum atomic E-state index is 14.0. The van der Waals surface area contributed by atoms with Crippen LogP contribution in [0.5, 0.6) is 5.75 Å². The molecular formula is C40H56N2O3. The predicted molar refractivity (Wildman–Crippen MR) is 179 cm³/mol. The number of phenolic OH excluding ortho intramolecular Hbond substituents is 1. The highest BCUT2D eigenvalue weighted by molar-refractivity contribution is 5.82. The standard InChI is InChI=1S/C40H56N2O3/c1-35(2)16-8-17-38(5)32(35)15-18-40(7)33(38)14-13-29-30-24-37(4,20-19-36(30,3)21-22-39(29,40)6)34(44)41-25-28-23-31(42-45-28)26-9-11-27(43)12-10-26/h9-13,23,30,32-33,43H,8,14-22,24-25H2,1-7H3,(H,41,44)/t30-,32?,33?,36+,37-,38-,39-,40+/m0/s1. The molecule has 45 heavy (non-hydrogen) atoms. The number of nitrogens with one attached hydrogen (secondary N) is 1. The first-order chi connectivity index (χ1) is 21.1. The van der Waals surface area contributed by atoms with Crippen molar-refractivity contribution in [3.63, 3.8) is 0 Å². The van der Waals surface area contributed by atoms with Crippen molar-refractivity contribution in [2.45, 2.75) is 126 Å². The summed E-state index contributed by atoms with van der Waals surface area (Å²) in [6.45, 7) is 18.2. The second-order valence-electron chi connectivity index (χ2n) is 18.0. The number of carbonyl (C=O) groups is 1. The highest BCUT2D eigenvalue weighted by atomic mass is 16.5. The van der Waals surface area contributed by atoms with Gasteiger partial charge < -0.3 is 14.9 Å². The van der Waals surface area contributed by atoms with Gasteiger partial charge in [-0.25, -0.2) is 0 Å². The molecule has 1 aromatic heterocycles. The lowest BCUT2D eigenvalue weighted by atomic mass is 9.34. The molecule has 5 nitrogen and oxygen atoms in total. The van der Waals surface area contributed by atoms with Crippen molar-refractivity contribution in [2.24, 2.45) is 50.2 Å². The molecule has 2 aromatic rings. The molecule has 0 saturated heterocycles. The molecular weight excluding hydrogens is 556 g/mol. The Kier molecular flexibility index (Phi) is 7.05. The molecule has 244 valence electrons. The van der Waals surface area contributed by atoms with Gasteiger partial charge in [0.1, 0.15) is 11.4 Å². The molecule has 0 radical (unpaired) electrons. The molecule has 0 bridgehead atoms. The van der Waals surface area contributed by atoms with Gasteiger partial charge in [-0.1, -0.05) is 71.7 Å². The lowest BCUT2D eigenvalue weighted by Crippen LogP contribution is -2.63. The van der Waals surface area contributed by atoms with Crippen LogP contribution in [0.1, 0.15) is 125 Å². The third-order valence-electron chi connectivity index (χ3n) is 15.3. The summed E-state index contributed by atoms with van der Waals surface area (Å²) >= 11 is 0. The molecule has 1 aromatic carbocycles. The van der Waals surface area contributed by atoms with E-state index in [4.69, 9.17) is 4.52 Å². The van der Waals surface area contributed by atoms with E-state index in [0.29, 0.717) is 40.2 Å². The van der Waals surface area contributed by atoms with Gasteiger partial charge in [0.15, 0.2) is 5.76 Å². The van der Waals surface area contributed by atoms with E-state index in [-0.39, 0.29) is 22.5 Å². The normalized spacial score (nSPS) is 41.9. The molecule has 4 saturated carbocycles. The van der Waals surface area contributed by atoms with E-state index in [9.17, 15) is 9.90 Å². The van der Waals surface area contributed by atoms with Crippen LogP contribution in [-0.4, -0.2) is 16.2 Å². The number of hydrogen-bond donors (Lipinski definition) is 2. The largest absolute Gasteiger partial charge is 0.508 e. The molecule has 0 aliphatic heterocycles. The maximum absolute atomic E-state index is 14.0. The molecule has 7 rings (SSSR count). The van der Waals surface area contributed by atoms with Crippen LogP contribution in [0.25, 0.3) is 11.3 Å². The SMILES string of the molecule is CC1(C)CCC[C@@]2(C)C1CC[C@]1(C)C2CC=C2[C@@H]3C[C@@](C)(C(=O)NCc4cc(-c5ccc(O)cc5)no4)CC[C@]3(C)CC[C@@]21C. The molecule has 5 heteroatoms. The van der Waals surface area contributed by atoms with Crippen LogP contribution in [-0.2, 0) is 11.3 Å². The first-order valence-electron chi connectivity index (χ1n) is 17.9. The zero-order chi connectivity index (χ0) is 32.0. The van der Waals surface area contributed by atoms with Gasteiger partial charge in [0.25, 0.3) is 0 Å². The zero-order valence-electron chi connectivity index (χ0n) is 28.9. The lowest BCUT2D eigenvalue weighted by Gasteiger charge is -2.71. The van der Waals surface area contributed by atoms with Gasteiger partial charge in [-0.3, -0.25) is 4.79 Å². The summed E-state index contributed by atoms with van der Waals surface area (Å²) in [4.78, 5) is 14.0. The fraction of sp³-hybridized carbons (Fsp3) is 0.700. The van der Waals surface area contributed by atoms with Crippen molar-refractivity contribution < 1.29 is 14.4 Å². The van der Waals surface area contributed by atoms with Crippen molar-refractivity contribution >= 4 is 5.91 Å². The average molecular weight is 613 g/mol. The third kappa shape index (κ3) is 4.60. The van der Waals surface area contributed by atoms with Crippen molar-refractivity contribution in [1.82, 2.24) is 10.5 Å². The Bertz CT molecular complexity index is 1510. The summed E-state index contributed by atoms with van der Waals surface area (Å²) in [5.41, 5.74) is 4.54. The van der Waals surface area contributed by atoms with E-state index in [0.717, 1.165) is 36.7 Å². The average Bonchev–Trinajstić information content (AvgIpc) is 3.46. The van der Waals surface area contributed by atoms with E-state index in [1.165, 1.54) is 51.4 Å². The lowest BCUT2D eigenvalue weighted by molar-refractivity contribution is -0.180. The van der Waals surface area contributed by atoms with Crippen LogP contribution >= 0.6 is 0 Å². The van der Waals surface area contributed by atoms with E-state index in [1.807, 2.05) is 18.2 Å². The van der Waals surface area contributed by atoms with Crippen LogP contribution in [0, 0.1) is 50.2 Å². The van der Waals surface area contributed by atoms with Crippen molar-refractivity contribution in [3.05, 3.63) is 47.7 Å². The second kappa shape index (κ2) is 10.2. The minimum absolute atomic E-state index is 0.136. The number of carbonyl (C=O) groups excluding carboxylic acids is 1. The number of benzene rings is 1. The molecule has 1 amide bonds. The Morgan fingerprint density at radius 2 is 1.67 bits per heavy atom. The summed E-state index contributed by atoms with van der Waals surface area (Å²) in [7, 11) is 0. The van der Waals surface area contributed by atoms with Crippen molar-refractivity contribution in [1.29, 1.82) is 0 Å². The first kappa shape index (κ1) is 31.1. The molecule has 4 fully saturated rings. The van der Waals surface area contributed by atoms with E-state index in [2.05, 4.69) is 65.0 Å². The Labute approximate surface area is 271 Å². The number of aromatic nitrogens is 1. The predicted octanol–water partition coefficient (Wildman–Crippen LogP) is 9.86. The number of rotatable bonds is 4. The first-order valence-corrected chi connectivity index (χ1v) is 17.9. The number of aromatic hydroxyl groups is 1. The van der Waals surface area contributed by atoms with Crippen LogP contribution < -0.4 is 5.32 Å². The summed E-state index contributed by atoms with van der Waals surface area (Å²) in [5, 5.41) is 17.0. The molecule has 0 spiro atoms. The minimum Gasteiger partial charge on any atom is -0.508 e. The quantitative estimate of drug-likeness (QED) is 0.337. The number of phenols is 1. The molecule has 5 aliphatic carbocycles. The highest BCUT2D eigenvalue weighted by Gasteiger charge is 2.67. The minimum atomic E-state index is -0.405. The van der Waals surface area contributed by atoms with Gasteiger partial charge in [-0.05, 0) is 133 Å². The number of fused-ring (bicyclic) bond motifs is 7. The Balaban J connectivity index is 1.11. The van der Waals surface area contributed by atoms with Gasteiger partial charge in [0.2, 0.25) is 5.91 Å². The molecule has 5 aliphatic rings. The Morgan fingerprint density at radius 3 is 2.42 bits per heavy atom. The smallest absolute Gasteiger partial charge is 0.226 e. The summed E-state index contributed by atoms with van der Waals surface area (Å²) in [6, 6.07) is 8.80. The van der Waals surface area contributed by atoms with Gasteiger partial charge in [-0.15, -0.1) is 0 Å². The monoisotopic (exact) mass is 612 g/mol.